The third kappa shape index (κ3) is 3.69. The summed E-state index contributed by atoms with van der Waals surface area (Å²) in [6.07, 6.45) is 1.41. The molecule has 0 spiro atoms. The zero-order valence-electron chi connectivity index (χ0n) is 16.3. The monoisotopic (exact) mass is 439 g/mol. The molecule has 4 rings (SSSR count). The van der Waals surface area contributed by atoms with E-state index in [1.165, 1.54) is 22.2 Å². The molecule has 1 unspecified atom stereocenters. The van der Waals surface area contributed by atoms with Gasteiger partial charge in [0.15, 0.2) is 0 Å². The molecule has 152 valence electrons. The fourth-order valence-corrected chi connectivity index (χ4v) is 4.22. The molecule has 0 aliphatic carbocycles. The molecule has 2 heterocycles. The molecule has 30 heavy (non-hydrogen) atoms. The van der Waals surface area contributed by atoms with E-state index >= 15 is 0 Å². The van der Waals surface area contributed by atoms with Gasteiger partial charge in [-0.2, -0.15) is 0 Å². The number of hydrogen-bond donors (Lipinski definition) is 1. The Morgan fingerprint density at radius 1 is 1.20 bits per heavy atom. The average molecular weight is 440 g/mol. The molecule has 6 nitrogen and oxygen atoms in total. The number of amides is 1. The first-order valence-corrected chi connectivity index (χ1v) is 10.4. The van der Waals surface area contributed by atoms with Crippen LogP contribution in [-0.4, -0.2) is 22.6 Å². The predicted molar refractivity (Wildman–Crippen MR) is 121 cm³/mol. The Labute approximate surface area is 181 Å². The van der Waals surface area contributed by atoms with Gasteiger partial charge in [0, 0.05) is 10.9 Å². The van der Waals surface area contributed by atoms with E-state index < -0.39 is 6.04 Å². The van der Waals surface area contributed by atoms with Crippen LogP contribution in [0.2, 0.25) is 5.02 Å². The number of rotatable bonds is 5. The highest BCUT2D eigenvalue weighted by Gasteiger charge is 2.21. The van der Waals surface area contributed by atoms with Gasteiger partial charge in [-0.05, 0) is 36.8 Å². The number of hydrogen-bond acceptors (Lipinski definition) is 5. The maximum absolute atomic E-state index is 13.3. The Hall–Kier alpha value is -3.16. The quantitative estimate of drug-likeness (QED) is 0.475. The first kappa shape index (κ1) is 20.1. The SMILES string of the molecule is COc1ccc(-c2csc3ncn(C(C)C(=O)Nc4ccccc4Cl)c(=O)c23)cc1. The van der Waals surface area contributed by atoms with Gasteiger partial charge in [0.1, 0.15) is 16.6 Å². The highest BCUT2D eigenvalue weighted by Crippen LogP contribution is 2.32. The summed E-state index contributed by atoms with van der Waals surface area (Å²) in [4.78, 5) is 31.0. The topological polar surface area (TPSA) is 73.2 Å². The molecular formula is C22H18ClN3O3S. The van der Waals surface area contributed by atoms with Gasteiger partial charge < -0.3 is 10.1 Å². The summed E-state index contributed by atoms with van der Waals surface area (Å²) in [5.74, 6) is 0.381. The number of methoxy groups -OCH3 is 1. The Bertz CT molecular complexity index is 1280. The zero-order chi connectivity index (χ0) is 21.3. The van der Waals surface area contributed by atoms with Crippen molar-refractivity contribution in [2.75, 3.05) is 12.4 Å². The molecule has 8 heteroatoms. The van der Waals surface area contributed by atoms with Gasteiger partial charge in [-0.25, -0.2) is 4.98 Å². The Kier molecular flexibility index (Phi) is 5.57. The number of thiophene rings is 1. The van der Waals surface area contributed by atoms with Crippen LogP contribution in [0.5, 0.6) is 5.75 Å². The number of halogens is 1. The summed E-state index contributed by atoms with van der Waals surface area (Å²) in [5, 5.41) is 5.59. The summed E-state index contributed by atoms with van der Waals surface area (Å²) in [5.41, 5.74) is 1.89. The number of anilines is 1. The van der Waals surface area contributed by atoms with Gasteiger partial charge in [0.25, 0.3) is 5.56 Å². The van der Waals surface area contributed by atoms with Crippen LogP contribution >= 0.6 is 22.9 Å². The van der Waals surface area contributed by atoms with E-state index in [1.807, 2.05) is 29.6 Å². The lowest BCUT2D eigenvalue weighted by Gasteiger charge is -2.15. The van der Waals surface area contributed by atoms with Gasteiger partial charge in [-0.3, -0.25) is 14.2 Å². The fraction of sp³-hybridized carbons (Fsp3) is 0.136. The Balaban J connectivity index is 1.71. The number of para-hydroxylation sites is 1. The van der Waals surface area contributed by atoms with Crippen LogP contribution in [-0.2, 0) is 4.79 Å². The van der Waals surface area contributed by atoms with E-state index in [1.54, 1.807) is 38.3 Å². The summed E-state index contributed by atoms with van der Waals surface area (Å²) in [6, 6.07) is 13.6. The van der Waals surface area contributed by atoms with Gasteiger partial charge in [-0.15, -0.1) is 11.3 Å². The first-order chi connectivity index (χ1) is 14.5. The van der Waals surface area contributed by atoms with Crippen molar-refractivity contribution in [2.45, 2.75) is 13.0 Å². The van der Waals surface area contributed by atoms with Gasteiger partial charge in [-0.1, -0.05) is 35.9 Å². The molecule has 0 radical (unpaired) electrons. The van der Waals surface area contributed by atoms with Crippen molar-refractivity contribution < 1.29 is 9.53 Å². The molecule has 1 atom stereocenters. The molecule has 0 fully saturated rings. The molecule has 2 aromatic heterocycles. The van der Waals surface area contributed by atoms with Crippen LogP contribution < -0.4 is 15.6 Å². The fourth-order valence-electron chi connectivity index (χ4n) is 3.13. The van der Waals surface area contributed by atoms with Crippen molar-refractivity contribution in [2.24, 2.45) is 0 Å². The molecule has 0 aliphatic heterocycles. The van der Waals surface area contributed by atoms with E-state index in [0.717, 1.165) is 16.9 Å². The van der Waals surface area contributed by atoms with Crippen LogP contribution in [0.1, 0.15) is 13.0 Å². The predicted octanol–water partition coefficient (Wildman–Crippen LogP) is 4.99. The molecule has 1 amide bonds. The number of carbonyl (C=O) groups excluding carboxylic acids is 1. The number of ether oxygens (including phenoxy) is 1. The maximum atomic E-state index is 13.3. The first-order valence-electron chi connectivity index (χ1n) is 9.17. The number of carbonyl (C=O) groups is 1. The molecule has 4 aromatic rings. The number of nitrogens with one attached hydrogen (secondary N) is 1. The second kappa shape index (κ2) is 8.30. The van der Waals surface area contributed by atoms with Crippen molar-refractivity contribution in [1.82, 2.24) is 9.55 Å². The lowest BCUT2D eigenvalue weighted by molar-refractivity contribution is -0.118. The average Bonchev–Trinajstić information content (AvgIpc) is 3.20. The van der Waals surface area contributed by atoms with E-state index in [0.29, 0.717) is 20.9 Å². The number of aromatic nitrogens is 2. The molecule has 0 aliphatic rings. The van der Waals surface area contributed by atoms with Gasteiger partial charge >= 0.3 is 0 Å². The normalized spacial score (nSPS) is 12.0. The van der Waals surface area contributed by atoms with Crippen LogP contribution in [0.3, 0.4) is 0 Å². The van der Waals surface area contributed by atoms with E-state index in [9.17, 15) is 9.59 Å². The minimum atomic E-state index is -0.769. The summed E-state index contributed by atoms with van der Waals surface area (Å²) in [7, 11) is 1.60. The lowest BCUT2D eigenvalue weighted by atomic mass is 10.1. The Morgan fingerprint density at radius 2 is 1.93 bits per heavy atom. The van der Waals surface area contributed by atoms with Gasteiger partial charge in [0.05, 0.1) is 29.5 Å². The van der Waals surface area contributed by atoms with Crippen LogP contribution in [0.25, 0.3) is 21.3 Å². The van der Waals surface area contributed by atoms with Crippen LogP contribution in [0.4, 0.5) is 5.69 Å². The highest BCUT2D eigenvalue weighted by atomic mass is 35.5. The summed E-state index contributed by atoms with van der Waals surface area (Å²) >= 11 is 7.51. The summed E-state index contributed by atoms with van der Waals surface area (Å²) in [6.45, 7) is 1.65. The molecule has 0 bridgehead atoms. The molecule has 0 saturated carbocycles. The molecule has 1 N–H and O–H groups in total. The molecule has 2 aromatic carbocycles. The second-order valence-corrected chi connectivity index (χ2v) is 7.93. The Morgan fingerprint density at radius 3 is 2.63 bits per heavy atom. The van der Waals surface area contributed by atoms with Crippen LogP contribution in [0.15, 0.2) is 65.0 Å². The standard InChI is InChI=1S/C22H18ClN3O3S/c1-13(20(27)25-18-6-4-3-5-17(18)23)26-12-24-21-19(22(26)28)16(11-30-21)14-7-9-15(29-2)10-8-14/h3-13H,1-2H3,(H,25,27). The maximum Gasteiger partial charge on any atom is 0.263 e. The van der Waals surface area contributed by atoms with E-state index in [-0.39, 0.29) is 11.5 Å². The lowest BCUT2D eigenvalue weighted by Crippen LogP contribution is -2.31. The minimum Gasteiger partial charge on any atom is -0.497 e. The summed E-state index contributed by atoms with van der Waals surface area (Å²) < 4.78 is 6.54. The largest absolute Gasteiger partial charge is 0.497 e. The van der Waals surface area contributed by atoms with Crippen LogP contribution in [0, 0.1) is 0 Å². The third-order valence-corrected chi connectivity index (χ3v) is 6.06. The van der Waals surface area contributed by atoms with E-state index in [4.69, 9.17) is 16.3 Å². The molecular weight excluding hydrogens is 422 g/mol. The molecule has 0 saturated heterocycles. The van der Waals surface area contributed by atoms with Crippen molar-refractivity contribution >= 4 is 44.7 Å². The highest BCUT2D eigenvalue weighted by molar-refractivity contribution is 7.17. The smallest absolute Gasteiger partial charge is 0.263 e. The number of nitrogens with zero attached hydrogens (tertiary/aromatic N) is 2. The number of benzene rings is 2. The van der Waals surface area contributed by atoms with Gasteiger partial charge in [0.2, 0.25) is 5.91 Å². The third-order valence-electron chi connectivity index (χ3n) is 4.85. The van der Waals surface area contributed by atoms with E-state index in [2.05, 4.69) is 10.3 Å². The minimum absolute atomic E-state index is 0.270. The second-order valence-electron chi connectivity index (χ2n) is 6.66. The van der Waals surface area contributed by atoms with Crippen molar-refractivity contribution in [3.63, 3.8) is 0 Å². The van der Waals surface area contributed by atoms with Crippen molar-refractivity contribution in [3.05, 3.63) is 75.6 Å². The van der Waals surface area contributed by atoms with Crippen molar-refractivity contribution in [3.8, 4) is 16.9 Å². The number of fused-ring (bicyclic) bond motifs is 1. The van der Waals surface area contributed by atoms with Crippen molar-refractivity contribution in [1.29, 1.82) is 0 Å². The zero-order valence-corrected chi connectivity index (χ0v) is 17.8.